The van der Waals surface area contributed by atoms with Crippen LogP contribution in [0.5, 0.6) is 11.5 Å². The number of ketones is 1. The highest BCUT2D eigenvalue weighted by Crippen LogP contribution is 2.27. The molecule has 0 bridgehead atoms. The minimum atomic E-state index is -0.0984. The van der Waals surface area contributed by atoms with Crippen LogP contribution >= 0.6 is 0 Å². The normalized spacial score (nSPS) is 12.0. The molecule has 0 saturated carbocycles. The van der Waals surface area contributed by atoms with Gasteiger partial charge in [0.25, 0.3) is 0 Å². The number of benzene rings is 2. The predicted octanol–water partition coefficient (Wildman–Crippen LogP) is 3.75. The maximum atomic E-state index is 12.2. The van der Waals surface area contributed by atoms with Crippen LogP contribution in [0.1, 0.15) is 28.9 Å². The van der Waals surface area contributed by atoms with Crippen LogP contribution in [-0.4, -0.2) is 20.0 Å². The number of ether oxygens (including phenoxy) is 2. The maximum Gasteiger partial charge on any atom is 0.187 e. The molecule has 120 valence electrons. The Bertz CT molecular complexity index is 680. The van der Waals surface area contributed by atoms with Crippen molar-refractivity contribution in [2.45, 2.75) is 13.0 Å². The molecule has 0 radical (unpaired) electrons. The summed E-state index contributed by atoms with van der Waals surface area (Å²) in [6.07, 6.45) is 3.19. The average molecular weight is 311 g/mol. The van der Waals surface area contributed by atoms with Crippen LogP contribution in [0.2, 0.25) is 0 Å². The quantitative estimate of drug-likeness (QED) is 0.625. The molecule has 4 nitrogen and oxygen atoms in total. The van der Waals surface area contributed by atoms with E-state index in [1.54, 1.807) is 38.6 Å². The van der Waals surface area contributed by atoms with Gasteiger partial charge in [0.2, 0.25) is 0 Å². The molecule has 0 aliphatic rings. The van der Waals surface area contributed by atoms with Gasteiger partial charge in [-0.2, -0.15) is 0 Å². The number of hydrogen-bond donors (Lipinski definition) is 1. The van der Waals surface area contributed by atoms with Crippen molar-refractivity contribution in [1.82, 2.24) is 5.32 Å². The SMILES string of the molecule is COc1ccc(C(=O)/C=C/N[C@H](C)c2ccccc2)cc1OC. The van der Waals surface area contributed by atoms with E-state index in [0.717, 1.165) is 5.56 Å². The lowest BCUT2D eigenvalue weighted by atomic mass is 10.1. The fraction of sp³-hybridized carbons (Fsp3) is 0.211. The second-order valence-electron chi connectivity index (χ2n) is 5.07. The number of nitrogens with one attached hydrogen (secondary N) is 1. The van der Waals surface area contributed by atoms with Gasteiger partial charge < -0.3 is 14.8 Å². The zero-order chi connectivity index (χ0) is 16.7. The highest BCUT2D eigenvalue weighted by molar-refractivity contribution is 6.04. The first-order valence-electron chi connectivity index (χ1n) is 7.39. The minimum Gasteiger partial charge on any atom is -0.493 e. The van der Waals surface area contributed by atoms with Crippen molar-refractivity contribution in [3.63, 3.8) is 0 Å². The third-order valence-electron chi connectivity index (χ3n) is 3.55. The van der Waals surface area contributed by atoms with Gasteiger partial charge in [0.1, 0.15) is 0 Å². The second kappa shape index (κ2) is 8.03. The first-order chi connectivity index (χ1) is 11.2. The summed E-state index contributed by atoms with van der Waals surface area (Å²) in [5, 5.41) is 3.19. The maximum absolute atomic E-state index is 12.2. The Hall–Kier alpha value is -2.75. The summed E-state index contributed by atoms with van der Waals surface area (Å²) in [5.41, 5.74) is 1.71. The number of carbonyl (C=O) groups excluding carboxylic acids is 1. The van der Waals surface area contributed by atoms with Crippen molar-refractivity contribution in [1.29, 1.82) is 0 Å². The van der Waals surface area contributed by atoms with Gasteiger partial charge in [-0.05, 0) is 30.7 Å². The number of carbonyl (C=O) groups is 1. The highest BCUT2D eigenvalue weighted by atomic mass is 16.5. The fourth-order valence-corrected chi connectivity index (χ4v) is 2.19. The van der Waals surface area contributed by atoms with Crippen LogP contribution in [0, 0.1) is 0 Å². The smallest absolute Gasteiger partial charge is 0.187 e. The summed E-state index contributed by atoms with van der Waals surface area (Å²) < 4.78 is 10.4. The summed E-state index contributed by atoms with van der Waals surface area (Å²) in [7, 11) is 3.11. The van der Waals surface area contributed by atoms with Crippen molar-refractivity contribution in [3.05, 3.63) is 71.9 Å². The standard InChI is InChI=1S/C19H21NO3/c1-14(15-7-5-4-6-8-15)20-12-11-17(21)16-9-10-18(22-2)19(13-16)23-3/h4-14,20H,1-3H3/b12-11+/t14-/m1/s1. The number of methoxy groups -OCH3 is 2. The summed E-state index contributed by atoms with van der Waals surface area (Å²) in [6.45, 7) is 2.04. The molecule has 0 amide bonds. The molecule has 0 unspecified atom stereocenters. The Morgan fingerprint density at radius 1 is 1.04 bits per heavy atom. The lowest BCUT2D eigenvalue weighted by Gasteiger charge is -2.11. The lowest BCUT2D eigenvalue weighted by Crippen LogP contribution is -2.12. The van der Waals surface area contributed by atoms with Gasteiger partial charge in [-0.3, -0.25) is 4.79 Å². The average Bonchev–Trinajstić information content (AvgIpc) is 2.61. The Kier molecular flexibility index (Phi) is 5.80. The fourth-order valence-electron chi connectivity index (χ4n) is 2.19. The molecular formula is C19H21NO3. The van der Waals surface area contributed by atoms with Crippen molar-refractivity contribution in [2.75, 3.05) is 14.2 Å². The zero-order valence-electron chi connectivity index (χ0n) is 13.6. The van der Waals surface area contributed by atoms with E-state index in [-0.39, 0.29) is 11.8 Å². The molecule has 4 heteroatoms. The van der Waals surface area contributed by atoms with Crippen LogP contribution in [-0.2, 0) is 0 Å². The number of allylic oxidation sites excluding steroid dienone is 1. The Balaban J connectivity index is 2.01. The van der Waals surface area contributed by atoms with E-state index >= 15 is 0 Å². The first kappa shape index (κ1) is 16.6. The van der Waals surface area contributed by atoms with E-state index in [2.05, 4.69) is 5.32 Å². The van der Waals surface area contributed by atoms with Gasteiger partial charge in [0, 0.05) is 23.9 Å². The molecule has 0 spiro atoms. The zero-order valence-corrected chi connectivity index (χ0v) is 13.6. The first-order valence-corrected chi connectivity index (χ1v) is 7.39. The summed E-state index contributed by atoms with van der Waals surface area (Å²) in [6, 6.07) is 15.3. The van der Waals surface area contributed by atoms with Crippen LogP contribution in [0.15, 0.2) is 60.8 Å². The monoisotopic (exact) mass is 311 g/mol. The van der Waals surface area contributed by atoms with Gasteiger partial charge in [-0.25, -0.2) is 0 Å². The Morgan fingerprint density at radius 3 is 2.39 bits per heavy atom. The summed E-state index contributed by atoms with van der Waals surface area (Å²) >= 11 is 0. The van der Waals surface area contributed by atoms with E-state index in [0.29, 0.717) is 17.1 Å². The molecule has 2 aromatic rings. The van der Waals surface area contributed by atoms with Gasteiger partial charge >= 0.3 is 0 Å². The van der Waals surface area contributed by atoms with Crippen molar-refractivity contribution in [3.8, 4) is 11.5 Å². The van der Waals surface area contributed by atoms with Gasteiger partial charge in [-0.1, -0.05) is 30.3 Å². The molecule has 2 rings (SSSR count). The highest BCUT2D eigenvalue weighted by Gasteiger charge is 2.08. The molecule has 0 fully saturated rings. The van der Waals surface area contributed by atoms with E-state index in [1.807, 2.05) is 37.3 Å². The van der Waals surface area contributed by atoms with Gasteiger partial charge in [-0.15, -0.1) is 0 Å². The molecule has 1 N–H and O–H groups in total. The largest absolute Gasteiger partial charge is 0.493 e. The molecule has 1 atom stereocenters. The van der Waals surface area contributed by atoms with Crippen LogP contribution in [0.25, 0.3) is 0 Å². The van der Waals surface area contributed by atoms with Crippen molar-refractivity contribution >= 4 is 5.78 Å². The predicted molar refractivity (Wildman–Crippen MR) is 91.0 cm³/mol. The van der Waals surface area contributed by atoms with E-state index in [9.17, 15) is 4.79 Å². The van der Waals surface area contributed by atoms with Crippen LogP contribution < -0.4 is 14.8 Å². The molecule has 0 saturated heterocycles. The third-order valence-corrected chi connectivity index (χ3v) is 3.55. The Morgan fingerprint density at radius 2 is 1.74 bits per heavy atom. The number of hydrogen-bond acceptors (Lipinski definition) is 4. The van der Waals surface area contributed by atoms with E-state index in [1.165, 1.54) is 6.08 Å². The van der Waals surface area contributed by atoms with Crippen LogP contribution in [0.3, 0.4) is 0 Å². The van der Waals surface area contributed by atoms with E-state index in [4.69, 9.17) is 9.47 Å². The molecule has 0 aromatic heterocycles. The summed E-state index contributed by atoms with van der Waals surface area (Å²) in [5.74, 6) is 1.04. The molecule has 2 aromatic carbocycles. The molecule has 23 heavy (non-hydrogen) atoms. The summed E-state index contributed by atoms with van der Waals surface area (Å²) in [4.78, 5) is 12.2. The van der Waals surface area contributed by atoms with Crippen molar-refractivity contribution < 1.29 is 14.3 Å². The third kappa shape index (κ3) is 4.36. The molecular weight excluding hydrogens is 290 g/mol. The van der Waals surface area contributed by atoms with Gasteiger partial charge in [0.15, 0.2) is 17.3 Å². The number of rotatable bonds is 7. The second-order valence-corrected chi connectivity index (χ2v) is 5.07. The molecule has 0 aliphatic carbocycles. The van der Waals surface area contributed by atoms with E-state index < -0.39 is 0 Å². The molecule has 0 heterocycles. The topological polar surface area (TPSA) is 47.6 Å². The lowest BCUT2D eigenvalue weighted by molar-refractivity contribution is 0.104. The molecule has 0 aliphatic heterocycles. The van der Waals surface area contributed by atoms with Gasteiger partial charge in [0.05, 0.1) is 14.2 Å². The Labute approximate surface area is 136 Å². The van der Waals surface area contributed by atoms with Crippen molar-refractivity contribution in [2.24, 2.45) is 0 Å². The van der Waals surface area contributed by atoms with Crippen LogP contribution in [0.4, 0.5) is 0 Å². The minimum absolute atomic E-state index is 0.0984.